The van der Waals surface area contributed by atoms with Crippen LogP contribution in [0.3, 0.4) is 0 Å². The lowest BCUT2D eigenvalue weighted by Crippen LogP contribution is -2.45. The van der Waals surface area contributed by atoms with Crippen molar-refractivity contribution in [1.82, 2.24) is 9.38 Å². The van der Waals surface area contributed by atoms with Crippen molar-refractivity contribution >= 4 is 37.4 Å². The summed E-state index contributed by atoms with van der Waals surface area (Å²) in [6.45, 7) is 10.7. The summed E-state index contributed by atoms with van der Waals surface area (Å²) in [6.07, 6.45) is -2.47. The van der Waals surface area contributed by atoms with Gasteiger partial charge in [-0.3, -0.25) is 9.20 Å². The van der Waals surface area contributed by atoms with E-state index in [0.29, 0.717) is 0 Å². The molecule has 34 heavy (non-hydrogen) atoms. The second kappa shape index (κ2) is 9.18. The first-order chi connectivity index (χ1) is 15.7. The molecule has 0 aliphatic rings. The first kappa shape index (κ1) is 26.0. The topological polar surface area (TPSA) is 63.5 Å². The molecule has 0 amide bonds. The molecule has 0 fully saturated rings. The van der Waals surface area contributed by atoms with Crippen LogP contribution in [-0.4, -0.2) is 30.3 Å². The maximum atomic E-state index is 13.5. The lowest BCUT2D eigenvalue weighted by Gasteiger charge is -2.41. The lowest BCUT2D eigenvalue weighted by atomic mass is 10.0. The van der Waals surface area contributed by atoms with Gasteiger partial charge in [0.1, 0.15) is 6.29 Å². The third kappa shape index (κ3) is 4.90. The fourth-order valence-corrected chi connectivity index (χ4v) is 5.94. The molecule has 0 saturated heterocycles. The molecule has 3 rings (SSSR count). The minimum Gasteiger partial charge on any atom is -0.355 e. The molecule has 182 valence electrons. The van der Waals surface area contributed by atoms with Crippen LogP contribution in [0.5, 0.6) is 0 Å². The monoisotopic (exact) mass is 509 g/mol. The summed E-state index contributed by atoms with van der Waals surface area (Å²) in [5.74, 6) is 0.0649. The number of alkyl halides is 3. The normalized spacial score (nSPS) is 13.7. The van der Waals surface area contributed by atoms with Crippen LogP contribution in [0.15, 0.2) is 47.4 Å². The maximum Gasteiger partial charge on any atom is 0.416 e. The molecule has 5 nitrogen and oxygen atoms in total. The van der Waals surface area contributed by atoms with Gasteiger partial charge in [-0.15, -0.1) is 0 Å². The van der Waals surface area contributed by atoms with Crippen molar-refractivity contribution < 1.29 is 18.0 Å². The van der Waals surface area contributed by atoms with Crippen LogP contribution in [0.2, 0.25) is 28.7 Å². The van der Waals surface area contributed by atoms with Crippen molar-refractivity contribution in [3.63, 3.8) is 0 Å². The molecule has 0 aliphatic heterocycles. The molecule has 1 unspecified atom stereocenters. The smallest absolute Gasteiger partial charge is 0.355 e. The van der Waals surface area contributed by atoms with Crippen LogP contribution in [0.4, 0.5) is 19.1 Å². The van der Waals surface area contributed by atoms with Gasteiger partial charge in [0.2, 0.25) is 5.95 Å². The number of hydrogen-bond acceptors (Lipinski definition) is 4. The predicted octanol–water partition coefficient (Wildman–Crippen LogP) is 6.52. The van der Waals surface area contributed by atoms with Gasteiger partial charge in [-0.05, 0) is 23.2 Å². The van der Waals surface area contributed by atoms with E-state index in [1.165, 1.54) is 10.6 Å². The van der Waals surface area contributed by atoms with E-state index in [1.807, 2.05) is 0 Å². The average molecular weight is 510 g/mol. The first-order valence-corrected chi connectivity index (χ1v) is 14.2. The molecule has 0 saturated carbocycles. The Kier molecular flexibility index (Phi) is 7.01. The van der Waals surface area contributed by atoms with Gasteiger partial charge < -0.3 is 10.1 Å². The zero-order chi connectivity index (χ0) is 25.5. The molecule has 0 aliphatic carbocycles. The second-order valence-electron chi connectivity index (χ2n) is 9.86. The van der Waals surface area contributed by atoms with Crippen molar-refractivity contribution in [2.45, 2.75) is 50.6 Å². The van der Waals surface area contributed by atoms with Gasteiger partial charge in [0.15, 0.2) is 0 Å². The predicted molar refractivity (Wildman–Crippen MR) is 132 cm³/mol. The van der Waals surface area contributed by atoms with Gasteiger partial charge in [0.25, 0.3) is 5.56 Å². The van der Waals surface area contributed by atoms with Crippen molar-refractivity contribution in [3.05, 3.63) is 63.5 Å². The second-order valence-corrected chi connectivity index (χ2v) is 16.0. The molecule has 1 aromatic carbocycles. The first-order valence-electron chi connectivity index (χ1n) is 10.8. The largest absolute Gasteiger partial charge is 0.416 e. The van der Waals surface area contributed by atoms with E-state index < -0.39 is 25.4 Å². The highest BCUT2D eigenvalue weighted by atomic mass is 35.5. The molecule has 0 spiro atoms. The molecule has 0 radical (unpaired) electrons. The van der Waals surface area contributed by atoms with Crippen LogP contribution < -0.4 is 10.9 Å². The van der Waals surface area contributed by atoms with E-state index in [-0.39, 0.29) is 44.7 Å². The lowest BCUT2D eigenvalue weighted by molar-refractivity contribution is -0.137. The number of aromatic nitrogens is 2. The fourth-order valence-electron chi connectivity index (χ4n) is 3.64. The number of pyridine rings is 1. The molecule has 10 heteroatoms. The van der Waals surface area contributed by atoms with Crippen molar-refractivity contribution in [2.24, 2.45) is 0 Å². The number of benzene rings is 1. The van der Waals surface area contributed by atoms with E-state index in [2.05, 4.69) is 44.2 Å². The minimum absolute atomic E-state index is 0.0143. The maximum absolute atomic E-state index is 13.5. The summed E-state index contributed by atoms with van der Waals surface area (Å²) in [5.41, 5.74) is -1.65. The van der Waals surface area contributed by atoms with Gasteiger partial charge in [-0.25, -0.2) is 0 Å². The van der Waals surface area contributed by atoms with Crippen LogP contribution >= 0.6 is 11.6 Å². The van der Waals surface area contributed by atoms with Crippen LogP contribution in [0.1, 0.15) is 26.3 Å². The van der Waals surface area contributed by atoms with E-state index in [1.54, 1.807) is 24.3 Å². The number of halogens is 4. The van der Waals surface area contributed by atoms with E-state index in [9.17, 15) is 22.8 Å². The molecule has 2 aromatic heterocycles. The number of nitrogens with one attached hydrogen (secondary N) is 1. The highest BCUT2D eigenvalue weighted by Gasteiger charge is 2.42. The number of anilines is 1. The highest BCUT2D eigenvalue weighted by molar-refractivity contribution is 6.83. The molecular weight excluding hydrogens is 483 g/mol. The van der Waals surface area contributed by atoms with Gasteiger partial charge in [-0.1, -0.05) is 63.7 Å². The number of carbonyl (C=O) groups excluding carboxylic acids is 1. The summed E-state index contributed by atoms with van der Waals surface area (Å²) < 4.78 is 41.9. The Labute approximate surface area is 202 Å². The van der Waals surface area contributed by atoms with Crippen LogP contribution in [0, 0.1) is 0 Å². The number of nitrogens with zero attached hydrogens (tertiary/aromatic N) is 2. The Morgan fingerprint density at radius 2 is 1.82 bits per heavy atom. The number of rotatable bonds is 6. The van der Waals surface area contributed by atoms with Gasteiger partial charge >= 0.3 is 6.18 Å². The number of fused-ring (bicyclic) bond motifs is 1. The Bertz CT molecular complexity index is 1280. The average Bonchev–Trinajstić information content (AvgIpc) is 2.73. The van der Waals surface area contributed by atoms with Crippen LogP contribution in [0.25, 0.3) is 16.6 Å². The quantitative estimate of drug-likeness (QED) is 0.303. The number of aldehydes is 1. The third-order valence-corrected chi connectivity index (χ3v) is 13.2. The zero-order valence-electron chi connectivity index (χ0n) is 19.6. The summed E-state index contributed by atoms with van der Waals surface area (Å²) in [7, 11) is -2.09. The SMILES string of the molecule is CC(C)(C)[Si](C)(C)C(C=O)CNc1nc(=O)c(-c2ccccc2Cl)c2cc(C(F)(F)F)ccn12. The Balaban J connectivity index is 2.18. The van der Waals surface area contributed by atoms with Crippen LogP contribution in [-0.2, 0) is 11.0 Å². The summed E-state index contributed by atoms with van der Waals surface area (Å²) in [5, 5.41) is 3.21. The molecule has 3 aromatic rings. The molecular formula is C24H27ClF3N3O2Si. The van der Waals surface area contributed by atoms with Crippen molar-refractivity contribution in [2.75, 3.05) is 11.9 Å². The number of carbonyl (C=O) groups is 1. The summed E-state index contributed by atoms with van der Waals surface area (Å²) >= 11 is 6.27. The summed E-state index contributed by atoms with van der Waals surface area (Å²) in [4.78, 5) is 29.1. The number of hydrogen-bond donors (Lipinski definition) is 1. The molecule has 0 bridgehead atoms. The third-order valence-electron chi connectivity index (χ3n) is 6.84. The van der Waals surface area contributed by atoms with Crippen molar-refractivity contribution in [1.29, 1.82) is 0 Å². The highest BCUT2D eigenvalue weighted by Crippen LogP contribution is 2.42. The van der Waals surface area contributed by atoms with Gasteiger partial charge in [0.05, 0.1) is 24.7 Å². The molecule has 1 N–H and O–H groups in total. The van der Waals surface area contributed by atoms with Crippen molar-refractivity contribution in [3.8, 4) is 11.1 Å². The molecule has 2 heterocycles. The molecule has 1 atom stereocenters. The van der Waals surface area contributed by atoms with E-state index in [4.69, 9.17) is 11.6 Å². The van der Waals surface area contributed by atoms with Gasteiger partial charge in [-0.2, -0.15) is 18.2 Å². The Morgan fingerprint density at radius 1 is 1.18 bits per heavy atom. The summed E-state index contributed by atoms with van der Waals surface area (Å²) in [6, 6.07) is 8.26. The van der Waals surface area contributed by atoms with E-state index in [0.717, 1.165) is 18.4 Å². The zero-order valence-corrected chi connectivity index (χ0v) is 21.4. The minimum atomic E-state index is -4.60. The Hall–Kier alpha value is -2.65. The fraction of sp³-hybridized carbons (Fsp3) is 0.375. The standard InChI is InChI=1S/C24H27ClF3N3O2Si/c1-23(2,3)34(4,5)16(14-32)13-29-22-30-21(33)20(17-8-6-7-9-18(17)25)19-12-15(24(26,27)28)10-11-31(19)22/h6-12,14,16H,13H2,1-5H3,(H,29,30,33). The van der Waals surface area contributed by atoms with Gasteiger partial charge in [0, 0.05) is 28.9 Å². The Morgan fingerprint density at radius 3 is 2.38 bits per heavy atom. The van der Waals surface area contributed by atoms with E-state index >= 15 is 0 Å².